The normalized spacial score (nSPS) is 17.0. The quantitative estimate of drug-likeness (QED) is 0.0620. The number of rotatable bonds is 12. The Bertz CT molecular complexity index is 3030. The highest BCUT2D eigenvalue weighted by atomic mass is 28.3. The van der Waals surface area contributed by atoms with E-state index in [0.29, 0.717) is 37.1 Å². The van der Waals surface area contributed by atoms with Crippen molar-refractivity contribution in [2.75, 3.05) is 71.4 Å². The fraction of sp³-hybridized carbons (Fsp3) is 0.291. The lowest BCUT2D eigenvalue weighted by atomic mass is 9.77. The van der Waals surface area contributed by atoms with Gasteiger partial charge in [0.2, 0.25) is 0 Å². The minimum Gasteiger partial charge on any atom is -0.423 e. The third-order valence-electron chi connectivity index (χ3n) is 14.8. The Morgan fingerprint density at radius 1 is 0.618 bits per heavy atom. The van der Waals surface area contributed by atoms with Gasteiger partial charge in [0.05, 0.1) is 13.1 Å². The number of nitrogens with one attached hydrogen (secondary N) is 2. The van der Waals surface area contributed by atoms with Crippen molar-refractivity contribution < 1.29 is 24.7 Å². The average Bonchev–Trinajstić information content (AvgIpc) is 3.35. The Balaban J connectivity index is 1.16. The van der Waals surface area contributed by atoms with E-state index < -0.39 is 22.3 Å². The molecular formula is C55H63B2N6O4Si+. The molecular weight excluding hydrogens is 858 g/mol. The van der Waals surface area contributed by atoms with Crippen LogP contribution in [0.2, 0.25) is 13.1 Å². The highest BCUT2D eigenvalue weighted by molar-refractivity contribution is 6.98. The third kappa shape index (κ3) is 8.99. The lowest BCUT2D eigenvalue weighted by molar-refractivity contribution is -0.530. The largest absolute Gasteiger partial charge is 0.488 e. The van der Waals surface area contributed by atoms with Crippen LogP contribution in [0.3, 0.4) is 0 Å². The molecule has 0 atom stereocenters. The first-order chi connectivity index (χ1) is 33.0. The Morgan fingerprint density at radius 2 is 1.18 bits per heavy atom. The monoisotopic (exact) mass is 921 g/mol. The molecule has 1 aliphatic carbocycles. The van der Waals surface area contributed by atoms with Gasteiger partial charge in [-0.3, -0.25) is 9.80 Å². The van der Waals surface area contributed by atoms with Gasteiger partial charge in [0.25, 0.3) is 0 Å². The fourth-order valence-corrected chi connectivity index (χ4v) is 14.4. The molecule has 6 aromatic carbocycles. The maximum Gasteiger partial charge on any atom is 0.488 e. The van der Waals surface area contributed by atoms with Crippen LogP contribution in [0, 0.1) is 0 Å². The molecule has 3 aliphatic heterocycles. The molecule has 346 valence electrons. The molecule has 0 saturated carbocycles. The zero-order chi connectivity index (χ0) is 47.1. The average molecular weight is 922 g/mol. The molecule has 6 aromatic rings. The van der Waals surface area contributed by atoms with E-state index in [9.17, 15) is 20.1 Å². The second-order valence-electron chi connectivity index (χ2n) is 19.7. The van der Waals surface area contributed by atoms with Crippen LogP contribution in [-0.2, 0) is 26.2 Å². The lowest BCUT2D eigenvalue weighted by Crippen LogP contribution is -2.50. The van der Waals surface area contributed by atoms with Crippen molar-refractivity contribution in [2.24, 2.45) is 0 Å². The zero-order valence-electron chi connectivity index (χ0n) is 39.8. The van der Waals surface area contributed by atoms with Crippen molar-refractivity contribution in [3.05, 3.63) is 172 Å². The van der Waals surface area contributed by atoms with Crippen LogP contribution in [0.1, 0.15) is 33.4 Å². The van der Waals surface area contributed by atoms with Crippen LogP contribution in [-0.4, -0.2) is 129 Å². The number of benzene rings is 6. The summed E-state index contributed by atoms with van der Waals surface area (Å²) in [7, 11) is -1.12. The second kappa shape index (κ2) is 19.5. The first kappa shape index (κ1) is 46.3. The van der Waals surface area contributed by atoms with Crippen LogP contribution >= 0.6 is 0 Å². The molecule has 2 fully saturated rings. The summed E-state index contributed by atoms with van der Waals surface area (Å²) in [5.74, 6) is 0. The molecule has 0 unspecified atom stereocenters. The van der Waals surface area contributed by atoms with E-state index in [0.717, 1.165) is 63.5 Å². The summed E-state index contributed by atoms with van der Waals surface area (Å²) in [6.45, 7) is 15.4. The van der Waals surface area contributed by atoms with Crippen molar-refractivity contribution in [1.82, 2.24) is 20.4 Å². The number of nitrogens with zero attached hydrogens (tertiary/aromatic N) is 4. The topological polar surface area (TPSA) is 118 Å². The zero-order valence-corrected chi connectivity index (χ0v) is 40.8. The van der Waals surface area contributed by atoms with Gasteiger partial charge in [0, 0.05) is 70.2 Å². The van der Waals surface area contributed by atoms with Gasteiger partial charge < -0.3 is 35.6 Å². The number of allylic oxidation sites excluding steroid dienone is 5. The summed E-state index contributed by atoms with van der Waals surface area (Å²) in [6.07, 6.45) is 7.30. The van der Waals surface area contributed by atoms with Crippen molar-refractivity contribution in [1.29, 1.82) is 0 Å². The highest BCUT2D eigenvalue weighted by Crippen LogP contribution is 2.44. The first-order valence-corrected chi connectivity index (χ1v) is 27.3. The van der Waals surface area contributed by atoms with E-state index in [2.05, 4.69) is 136 Å². The van der Waals surface area contributed by atoms with Gasteiger partial charge in [-0.25, -0.2) is 4.58 Å². The molecule has 0 amide bonds. The molecule has 10 rings (SSSR count). The summed E-state index contributed by atoms with van der Waals surface area (Å²) < 4.78 is 2.54. The van der Waals surface area contributed by atoms with Crippen LogP contribution in [0.25, 0.3) is 27.1 Å². The molecule has 6 N–H and O–H groups in total. The minimum absolute atomic E-state index is 0.516. The van der Waals surface area contributed by atoms with Crippen LogP contribution in [0.5, 0.6) is 0 Å². The fourth-order valence-electron chi connectivity index (χ4n) is 11.3. The molecule has 2 saturated heterocycles. The highest BCUT2D eigenvalue weighted by Gasteiger charge is 2.41. The van der Waals surface area contributed by atoms with Crippen molar-refractivity contribution in [2.45, 2.75) is 39.3 Å². The number of fused-ring (bicyclic) bond motifs is 4. The molecule has 10 nitrogen and oxygen atoms in total. The maximum atomic E-state index is 10.3. The number of hydrogen-bond donors (Lipinski definition) is 6. The van der Waals surface area contributed by atoms with Gasteiger partial charge in [0.1, 0.15) is 8.07 Å². The molecule has 4 aliphatic rings. The predicted octanol–water partition coefficient (Wildman–Crippen LogP) is 3.85. The van der Waals surface area contributed by atoms with Gasteiger partial charge in [-0.2, -0.15) is 0 Å². The van der Waals surface area contributed by atoms with Crippen LogP contribution < -0.4 is 31.6 Å². The Morgan fingerprint density at radius 3 is 1.79 bits per heavy atom. The number of piperazine rings is 2. The Kier molecular flexibility index (Phi) is 13.3. The van der Waals surface area contributed by atoms with E-state index in [-0.39, 0.29) is 0 Å². The van der Waals surface area contributed by atoms with E-state index in [4.69, 9.17) is 0 Å². The summed E-state index contributed by atoms with van der Waals surface area (Å²) in [6, 6.07) is 38.3. The Hall–Kier alpha value is -5.44. The molecule has 0 bridgehead atoms. The van der Waals surface area contributed by atoms with Gasteiger partial charge >= 0.3 is 14.2 Å². The smallest absolute Gasteiger partial charge is 0.423 e. The first-order valence-electron chi connectivity index (χ1n) is 24.3. The molecule has 68 heavy (non-hydrogen) atoms. The van der Waals surface area contributed by atoms with Crippen molar-refractivity contribution >= 4 is 76.9 Å². The number of anilines is 1. The molecule has 0 radical (unpaired) electrons. The Labute approximate surface area is 402 Å². The van der Waals surface area contributed by atoms with Crippen molar-refractivity contribution in [3.8, 4) is 0 Å². The van der Waals surface area contributed by atoms with E-state index in [1.54, 1.807) is 12.1 Å². The predicted molar refractivity (Wildman–Crippen MR) is 284 cm³/mol. The molecule has 0 spiro atoms. The summed E-state index contributed by atoms with van der Waals surface area (Å²) in [5.41, 5.74) is 13.0. The summed E-state index contributed by atoms with van der Waals surface area (Å²) in [4.78, 5) is 7.08. The van der Waals surface area contributed by atoms with Gasteiger partial charge in [0.15, 0.2) is 18.8 Å². The van der Waals surface area contributed by atoms with Crippen LogP contribution in [0.15, 0.2) is 138 Å². The minimum atomic E-state index is -2.22. The van der Waals surface area contributed by atoms with Gasteiger partial charge in [-0.1, -0.05) is 104 Å². The van der Waals surface area contributed by atoms with E-state index >= 15 is 0 Å². The summed E-state index contributed by atoms with van der Waals surface area (Å²) in [5, 5.41) is 55.9. The summed E-state index contributed by atoms with van der Waals surface area (Å²) >= 11 is 0. The van der Waals surface area contributed by atoms with Gasteiger partial charge in [-0.05, 0) is 126 Å². The molecule has 3 heterocycles. The molecule has 13 heteroatoms. The van der Waals surface area contributed by atoms with E-state index in [1.165, 1.54) is 76.7 Å². The molecule has 0 aromatic heterocycles. The lowest BCUT2D eigenvalue weighted by Gasteiger charge is -2.39. The second-order valence-corrected chi connectivity index (χ2v) is 24.0. The van der Waals surface area contributed by atoms with Crippen LogP contribution in [0.4, 0.5) is 5.69 Å². The van der Waals surface area contributed by atoms with Crippen molar-refractivity contribution in [3.63, 3.8) is 0 Å². The SMILES string of the molecule is CN(Cc1ccccc1B(O)O)Cc1c2ccccc2c(CN(C)Cc2ccccc2B(O)O)c2cc(C3=C4C=CC(=[N+]5CCNCC5)C=C4[Si](C)(C)c4cc(N5CCNCC5)ccc43)ccc12. The van der Waals surface area contributed by atoms with E-state index in [1.807, 2.05) is 36.4 Å². The maximum absolute atomic E-state index is 10.3. The third-order valence-corrected chi connectivity index (χ3v) is 18.3. The standard InChI is InChI=1S/C55H63B2N6O4Si/c1-60(34-39-11-5-9-15-51(39)56(64)65)36-49-43-13-7-8-14-44(43)50(37-61(2)35-40-12-6-10-16-52(40)57(66)67)48-31-38(17-20-45(48)49)55-46-21-18-41(62-27-23-58-24-28-62)32-53(46)68(3,4)54-33-42(19-22-47(54)55)63-29-25-59-26-30-63/h5-22,31-33,58-59,64-67H,23-30,34-37H2,1-4H3/q+1. The van der Waals surface area contributed by atoms with Gasteiger partial charge in [-0.15, -0.1) is 0 Å². The number of hydrogen-bond acceptors (Lipinski definition) is 9.